The van der Waals surface area contributed by atoms with Crippen LogP contribution in [-0.4, -0.2) is 24.8 Å². The molecule has 0 amide bonds. The van der Waals surface area contributed by atoms with Gasteiger partial charge in [-0.3, -0.25) is 4.98 Å². The second-order valence-electron chi connectivity index (χ2n) is 5.11. The highest BCUT2D eigenvalue weighted by molar-refractivity contribution is 9.10. The molecule has 2 aromatic rings. The molecule has 1 aromatic heterocycles. The van der Waals surface area contributed by atoms with Gasteiger partial charge in [-0.25, -0.2) is 8.42 Å². The molecule has 0 saturated heterocycles. The van der Waals surface area contributed by atoms with Crippen LogP contribution in [0.15, 0.2) is 53.3 Å². The van der Waals surface area contributed by atoms with Crippen molar-refractivity contribution in [2.24, 2.45) is 0 Å². The van der Waals surface area contributed by atoms with Crippen LogP contribution in [0.4, 0.5) is 0 Å². The molecule has 1 heterocycles. The summed E-state index contributed by atoms with van der Waals surface area (Å²) in [6.45, 7) is 1.98. The van der Waals surface area contributed by atoms with Crippen molar-refractivity contribution in [1.82, 2.24) is 9.29 Å². The number of aromatic nitrogens is 1. The van der Waals surface area contributed by atoms with Crippen LogP contribution < -0.4 is 0 Å². The fourth-order valence-corrected chi connectivity index (χ4v) is 4.33. The fourth-order valence-electron chi connectivity index (χ4n) is 2.42. The molecule has 6 heteroatoms. The zero-order valence-corrected chi connectivity index (χ0v) is 15.0. The lowest BCUT2D eigenvalue weighted by atomic mass is 10.1. The lowest BCUT2D eigenvalue weighted by molar-refractivity contribution is 0.366. The Kier molecular flexibility index (Phi) is 5.72. The summed E-state index contributed by atoms with van der Waals surface area (Å²) in [5, 5.41) is 0. The highest BCUT2D eigenvalue weighted by Gasteiger charge is 2.26. The molecule has 0 fully saturated rings. The van der Waals surface area contributed by atoms with Gasteiger partial charge < -0.3 is 0 Å². The predicted molar refractivity (Wildman–Crippen MR) is 91.8 cm³/mol. The number of pyridine rings is 1. The summed E-state index contributed by atoms with van der Waals surface area (Å²) in [4.78, 5) is 3.99. The Labute approximate surface area is 140 Å². The highest BCUT2D eigenvalue weighted by Crippen LogP contribution is 2.26. The van der Waals surface area contributed by atoms with E-state index in [1.54, 1.807) is 19.4 Å². The van der Waals surface area contributed by atoms with Gasteiger partial charge in [0, 0.05) is 30.0 Å². The summed E-state index contributed by atoms with van der Waals surface area (Å²) in [6.07, 6.45) is 4.08. The van der Waals surface area contributed by atoms with Crippen LogP contribution >= 0.6 is 15.9 Å². The third kappa shape index (κ3) is 4.15. The van der Waals surface area contributed by atoms with Crippen LogP contribution in [0.3, 0.4) is 0 Å². The van der Waals surface area contributed by atoms with Gasteiger partial charge in [0.15, 0.2) is 0 Å². The third-order valence-electron chi connectivity index (χ3n) is 3.59. The molecule has 0 aliphatic rings. The molecule has 0 spiro atoms. The van der Waals surface area contributed by atoms with Gasteiger partial charge in [0.05, 0.1) is 5.75 Å². The van der Waals surface area contributed by atoms with E-state index in [1.165, 1.54) is 4.31 Å². The van der Waals surface area contributed by atoms with E-state index >= 15 is 0 Å². The normalized spacial score (nSPS) is 13.3. The summed E-state index contributed by atoms with van der Waals surface area (Å²) in [5.41, 5.74) is 1.73. The van der Waals surface area contributed by atoms with Crippen LogP contribution in [0, 0.1) is 0 Å². The maximum atomic E-state index is 12.7. The number of hydrogen-bond donors (Lipinski definition) is 0. The number of benzene rings is 1. The molecule has 0 bridgehead atoms. The van der Waals surface area contributed by atoms with E-state index in [1.807, 2.05) is 43.3 Å². The summed E-state index contributed by atoms with van der Waals surface area (Å²) in [6, 6.07) is 10.9. The number of halogens is 1. The minimum atomic E-state index is -3.40. The van der Waals surface area contributed by atoms with Crippen molar-refractivity contribution in [3.05, 3.63) is 64.4 Å². The molecule has 0 N–H and O–H groups in total. The predicted octanol–water partition coefficient (Wildman–Crippen LogP) is 3.76. The molecule has 2 rings (SSSR count). The van der Waals surface area contributed by atoms with Crippen LogP contribution in [0.25, 0.3) is 0 Å². The Balaban J connectivity index is 2.24. The third-order valence-corrected chi connectivity index (χ3v) is 5.92. The second kappa shape index (κ2) is 7.35. The molecule has 1 atom stereocenters. The molecule has 0 unspecified atom stereocenters. The van der Waals surface area contributed by atoms with E-state index in [4.69, 9.17) is 0 Å². The highest BCUT2D eigenvalue weighted by atomic mass is 79.9. The smallest absolute Gasteiger partial charge is 0.218 e. The Morgan fingerprint density at radius 3 is 2.50 bits per heavy atom. The Morgan fingerprint density at radius 1 is 1.23 bits per heavy atom. The minimum absolute atomic E-state index is 0.00940. The maximum Gasteiger partial charge on any atom is 0.218 e. The van der Waals surface area contributed by atoms with Gasteiger partial charge in [0.2, 0.25) is 10.0 Å². The molecule has 4 nitrogen and oxygen atoms in total. The standard InChI is InChI=1S/C16H19BrN2O2S/c1-3-16(14-7-9-18-10-8-14)19(2)22(20,21)12-13-5-4-6-15(17)11-13/h4-11,16H,3,12H2,1-2H3/t16-/m1/s1. The molecule has 0 saturated carbocycles. The van der Waals surface area contributed by atoms with E-state index in [-0.39, 0.29) is 11.8 Å². The molecule has 22 heavy (non-hydrogen) atoms. The van der Waals surface area contributed by atoms with Crippen LogP contribution in [-0.2, 0) is 15.8 Å². The van der Waals surface area contributed by atoms with Gasteiger partial charge in [-0.2, -0.15) is 4.31 Å². The summed E-state index contributed by atoms with van der Waals surface area (Å²) in [5.74, 6) is -0.00940. The van der Waals surface area contributed by atoms with Crippen LogP contribution in [0.2, 0.25) is 0 Å². The van der Waals surface area contributed by atoms with Crippen molar-refractivity contribution in [2.75, 3.05) is 7.05 Å². The van der Waals surface area contributed by atoms with E-state index in [2.05, 4.69) is 20.9 Å². The van der Waals surface area contributed by atoms with Crippen molar-refractivity contribution >= 4 is 26.0 Å². The first-order valence-corrected chi connectivity index (χ1v) is 9.44. The van der Waals surface area contributed by atoms with E-state index in [9.17, 15) is 8.42 Å². The van der Waals surface area contributed by atoms with Gasteiger partial charge in [-0.1, -0.05) is 35.0 Å². The number of sulfonamides is 1. The summed E-state index contributed by atoms with van der Waals surface area (Å²) < 4.78 is 27.7. The largest absolute Gasteiger partial charge is 0.265 e. The van der Waals surface area contributed by atoms with Gasteiger partial charge in [0.25, 0.3) is 0 Å². The lowest BCUT2D eigenvalue weighted by Gasteiger charge is -2.27. The van der Waals surface area contributed by atoms with E-state index in [0.29, 0.717) is 6.42 Å². The SMILES string of the molecule is CC[C@H](c1ccncc1)N(C)S(=O)(=O)Cc1cccc(Br)c1. The van der Waals surface area contributed by atoms with Crippen molar-refractivity contribution in [3.63, 3.8) is 0 Å². The van der Waals surface area contributed by atoms with E-state index < -0.39 is 10.0 Å². The molecule has 0 aliphatic carbocycles. The monoisotopic (exact) mass is 382 g/mol. The minimum Gasteiger partial charge on any atom is -0.265 e. The molecule has 0 radical (unpaired) electrons. The average molecular weight is 383 g/mol. The van der Waals surface area contributed by atoms with Crippen molar-refractivity contribution in [2.45, 2.75) is 25.1 Å². The topological polar surface area (TPSA) is 50.3 Å². The molecule has 0 aliphatic heterocycles. The number of hydrogen-bond acceptors (Lipinski definition) is 3. The number of nitrogens with zero attached hydrogens (tertiary/aromatic N) is 2. The molecule has 118 valence electrons. The van der Waals surface area contributed by atoms with Crippen molar-refractivity contribution < 1.29 is 8.42 Å². The van der Waals surface area contributed by atoms with Gasteiger partial charge in [0.1, 0.15) is 0 Å². The van der Waals surface area contributed by atoms with Crippen molar-refractivity contribution in [1.29, 1.82) is 0 Å². The first-order chi connectivity index (χ1) is 10.4. The molecular weight excluding hydrogens is 364 g/mol. The second-order valence-corrected chi connectivity index (χ2v) is 8.05. The Bertz CT molecular complexity index is 720. The fraction of sp³-hybridized carbons (Fsp3) is 0.312. The van der Waals surface area contributed by atoms with Gasteiger partial charge >= 0.3 is 0 Å². The van der Waals surface area contributed by atoms with Crippen LogP contribution in [0.5, 0.6) is 0 Å². The molecular formula is C16H19BrN2O2S. The maximum absolute atomic E-state index is 12.7. The lowest BCUT2D eigenvalue weighted by Crippen LogP contribution is -2.32. The van der Waals surface area contributed by atoms with Gasteiger partial charge in [-0.05, 0) is 41.8 Å². The Morgan fingerprint density at radius 2 is 1.91 bits per heavy atom. The first kappa shape index (κ1) is 17.1. The first-order valence-electron chi connectivity index (χ1n) is 7.04. The van der Waals surface area contributed by atoms with Crippen LogP contribution in [0.1, 0.15) is 30.5 Å². The molecule has 1 aromatic carbocycles. The average Bonchev–Trinajstić information content (AvgIpc) is 2.48. The zero-order chi connectivity index (χ0) is 16.2. The van der Waals surface area contributed by atoms with Crippen molar-refractivity contribution in [3.8, 4) is 0 Å². The Hall–Kier alpha value is -1.24. The number of rotatable bonds is 6. The zero-order valence-electron chi connectivity index (χ0n) is 12.6. The quantitative estimate of drug-likeness (QED) is 0.763. The summed E-state index contributed by atoms with van der Waals surface area (Å²) in [7, 11) is -1.76. The van der Waals surface area contributed by atoms with Gasteiger partial charge in [-0.15, -0.1) is 0 Å². The summed E-state index contributed by atoms with van der Waals surface area (Å²) >= 11 is 3.37. The van der Waals surface area contributed by atoms with E-state index in [0.717, 1.165) is 15.6 Å².